The maximum Gasteiger partial charge on any atom is 0.304 e. The molecule has 0 aliphatic rings. The molecule has 2 aromatic rings. The van der Waals surface area contributed by atoms with Crippen LogP contribution in [0.15, 0.2) is 30.3 Å². The zero-order chi connectivity index (χ0) is 13.0. The molecule has 3 nitrogen and oxygen atoms in total. The third kappa shape index (κ3) is 3.23. The summed E-state index contributed by atoms with van der Waals surface area (Å²) in [4.78, 5) is 14.9. The molecule has 1 aromatic carbocycles. The van der Waals surface area contributed by atoms with Crippen LogP contribution in [0.4, 0.5) is 0 Å². The molecule has 0 spiro atoms. The van der Waals surface area contributed by atoms with Crippen LogP contribution < -0.4 is 0 Å². The number of carbonyl (C=O) groups is 1. The minimum absolute atomic E-state index is 0.215. The molecule has 4 heteroatoms. The maximum absolute atomic E-state index is 10.5. The van der Waals surface area contributed by atoms with E-state index in [0.717, 1.165) is 22.3 Å². The second-order valence-electron chi connectivity index (χ2n) is 4.14. The fourth-order valence-corrected chi connectivity index (χ4v) is 2.78. The minimum Gasteiger partial charge on any atom is -0.481 e. The van der Waals surface area contributed by atoms with Gasteiger partial charge in [-0.2, -0.15) is 11.8 Å². The lowest BCUT2D eigenvalue weighted by Crippen LogP contribution is -1.97. The summed E-state index contributed by atoms with van der Waals surface area (Å²) < 4.78 is 0. The Morgan fingerprint density at radius 2 is 2.17 bits per heavy atom. The van der Waals surface area contributed by atoms with Gasteiger partial charge in [0.2, 0.25) is 0 Å². The van der Waals surface area contributed by atoms with E-state index in [1.807, 2.05) is 25.1 Å². The average Bonchev–Trinajstić information content (AvgIpc) is 2.34. The van der Waals surface area contributed by atoms with Gasteiger partial charge in [0.15, 0.2) is 0 Å². The molecule has 0 saturated carbocycles. The van der Waals surface area contributed by atoms with Crippen LogP contribution in [0.2, 0.25) is 0 Å². The third-order valence-corrected chi connectivity index (χ3v) is 3.66. The van der Waals surface area contributed by atoms with Crippen LogP contribution in [0.3, 0.4) is 0 Å². The molecule has 0 unspecified atom stereocenters. The second-order valence-corrected chi connectivity index (χ2v) is 5.24. The summed E-state index contributed by atoms with van der Waals surface area (Å²) in [5.74, 6) is 0.737. The van der Waals surface area contributed by atoms with E-state index in [0.29, 0.717) is 5.75 Å². The Morgan fingerprint density at radius 3 is 2.94 bits per heavy atom. The lowest BCUT2D eigenvalue weighted by Gasteiger charge is -2.07. The molecule has 18 heavy (non-hydrogen) atoms. The van der Waals surface area contributed by atoms with Crippen LogP contribution in [-0.4, -0.2) is 21.8 Å². The summed E-state index contributed by atoms with van der Waals surface area (Å²) in [7, 11) is 0. The van der Waals surface area contributed by atoms with Crippen LogP contribution in [0.5, 0.6) is 0 Å². The topological polar surface area (TPSA) is 50.2 Å². The molecule has 0 bridgehead atoms. The smallest absolute Gasteiger partial charge is 0.304 e. The molecule has 0 saturated heterocycles. The molecular formula is C14H15NO2S. The van der Waals surface area contributed by atoms with Gasteiger partial charge >= 0.3 is 5.97 Å². The highest BCUT2D eigenvalue weighted by Gasteiger charge is 2.04. The molecular weight excluding hydrogens is 246 g/mol. The average molecular weight is 261 g/mol. The van der Waals surface area contributed by atoms with E-state index >= 15 is 0 Å². The number of carboxylic acid groups (broad SMARTS) is 1. The van der Waals surface area contributed by atoms with Crippen molar-refractivity contribution in [3.05, 3.63) is 41.6 Å². The summed E-state index contributed by atoms with van der Waals surface area (Å²) in [6, 6.07) is 10.1. The van der Waals surface area contributed by atoms with Gasteiger partial charge in [0.25, 0.3) is 0 Å². The standard InChI is InChI=1S/C14H15NO2S/c1-10-8-11(9-18-7-6-14(16)17)12-4-2-3-5-13(12)15-10/h2-5,8H,6-7,9H2,1H3,(H,16,17). The Balaban J connectivity index is 2.14. The number of benzene rings is 1. The van der Waals surface area contributed by atoms with Gasteiger partial charge in [-0.25, -0.2) is 0 Å². The molecule has 0 radical (unpaired) electrons. The number of hydrogen-bond acceptors (Lipinski definition) is 3. The zero-order valence-electron chi connectivity index (χ0n) is 10.2. The van der Waals surface area contributed by atoms with Gasteiger partial charge in [-0.05, 0) is 24.6 Å². The number of aryl methyl sites for hydroxylation is 1. The van der Waals surface area contributed by atoms with Crippen molar-refractivity contribution in [3.63, 3.8) is 0 Å². The summed E-state index contributed by atoms with van der Waals surface area (Å²) >= 11 is 1.65. The quantitative estimate of drug-likeness (QED) is 0.839. The maximum atomic E-state index is 10.5. The van der Waals surface area contributed by atoms with Crippen LogP contribution in [0.25, 0.3) is 10.9 Å². The van der Waals surface area contributed by atoms with Crippen molar-refractivity contribution in [2.75, 3.05) is 5.75 Å². The normalized spacial score (nSPS) is 10.7. The number of aliphatic carboxylic acids is 1. The highest BCUT2D eigenvalue weighted by atomic mass is 32.2. The number of para-hydroxylation sites is 1. The van der Waals surface area contributed by atoms with Crippen LogP contribution in [0.1, 0.15) is 17.7 Å². The Hall–Kier alpha value is -1.55. The van der Waals surface area contributed by atoms with Crippen molar-refractivity contribution >= 4 is 28.6 Å². The van der Waals surface area contributed by atoms with Crippen molar-refractivity contribution in [2.45, 2.75) is 19.1 Å². The number of nitrogens with zero attached hydrogens (tertiary/aromatic N) is 1. The predicted octanol–water partition coefficient (Wildman–Crippen LogP) is 3.25. The molecule has 1 heterocycles. The molecule has 94 valence electrons. The molecule has 0 amide bonds. The van der Waals surface area contributed by atoms with E-state index in [1.165, 1.54) is 5.56 Å². The zero-order valence-corrected chi connectivity index (χ0v) is 11.0. The first-order valence-corrected chi connectivity index (χ1v) is 6.97. The minimum atomic E-state index is -0.738. The number of hydrogen-bond donors (Lipinski definition) is 1. The van der Waals surface area contributed by atoms with E-state index in [9.17, 15) is 4.79 Å². The molecule has 1 N–H and O–H groups in total. The summed E-state index contributed by atoms with van der Waals surface area (Å²) in [6.45, 7) is 1.98. The van der Waals surface area contributed by atoms with Crippen LogP contribution in [-0.2, 0) is 10.5 Å². The van der Waals surface area contributed by atoms with Crippen LogP contribution >= 0.6 is 11.8 Å². The van der Waals surface area contributed by atoms with Crippen molar-refractivity contribution in [1.82, 2.24) is 4.98 Å². The van der Waals surface area contributed by atoms with Crippen molar-refractivity contribution in [3.8, 4) is 0 Å². The lowest BCUT2D eigenvalue weighted by atomic mass is 10.1. The van der Waals surface area contributed by atoms with Gasteiger partial charge in [-0.3, -0.25) is 9.78 Å². The Kier molecular flexibility index (Phi) is 4.20. The van der Waals surface area contributed by atoms with Gasteiger partial charge in [0.05, 0.1) is 11.9 Å². The van der Waals surface area contributed by atoms with E-state index in [-0.39, 0.29) is 6.42 Å². The summed E-state index contributed by atoms with van der Waals surface area (Å²) in [5, 5.41) is 9.76. The van der Waals surface area contributed by atoms with Crippen LogP contribution in [0, 0.1) is 6.92 Å². The number of carboxylic acids is 1. The first kappa shape index (κ1) is 12.9. The van der Waals surface area contributed by atoms with E-state index in [1.54, 1.807) is 11.8 Å². The third-order valence-electron chi connectivity index (χ3n) is 2.65. The molecule has 1 aromatic heterocycles. The number of rotatable bonds is 5. The molecule has 0 atom stereocenters. The van der Waals surface area contributed by atoms with E-state index < -0.39 is 5.97 Å². The number of pyridine rings is 1. The largest absolute Gasteiger partial charge is 0.481 e. The Bertz CT molecular complexity index is 569. The molecule has 0 fully saturated rings. The second kappa shape index (κ2) is 5.87. The van der Waals surface area contributed by atoms with E-state index in [4.69, 9.17) is 5.11 Å². The number of thioether (sulfide) groups is 1. The highest BCUT2D eigenvalue weighted by molar-refractivity contribution is 7.98. The summed E-state index contributed by atoms with van der Waals surface area (Å²) in [5.41, 5.74) is 3.24. The highest BCUT2D eigenvalue weighted by Crippen LogP contribution is 2.22. The van der Waals surface area contributed by atoms with Gasteiger partial charge < -0.3 is 5.11 Å². The van der Waals surface area contributed by atoms with Crippen molar-refractivity contribution < 1.29 is 9.90 Å². The molecule has 2 rings (SSSR count). The first-order valence-electron chi connectivity index (χ1n) is 5.81. The van der Waals surface area contributed by atoms with Crippen molar-refractivity contribution in [2.24, 2.45) is 0 Å². The first-order chi connectivity index (χ1) is 8.66. The molecule has 0 aliphatic heterocycles. The summed E-state index contributed by atoms with van der Waals surface area (Å²) in [6.07, 6.45) is 0.215. The number of fused-ring (bicyclic) bond motifs is 1. The fourth-order valence-electron chi connectivity index (χ4n) is 1.86. The van der Waals surface area contributed by atoms with Crippen molar-refractivity contribution in [1.29, 1.82) is 0 Å². The van der Waals surface area contributed by atoms with Gasteiger partial charge in [-0.1, -0.05) is 18.2 Å². The Morgan fingerprint density at radius 1 is 1.39 bits per heavy atom. The van der Waals surface area contributed by atoms with Gasteiger partial charge in [-0.15, -0.1) is 0 Å². The Labute approximate surface area is 110 Å². The van der Waals surface area contributed by atoms with Gasteiger partial charge in [0, 0.05) is 22.6 Å². The van der Waals surface area contributed by atoms with Gasteiger partial charge in [0.1, 0.15) is 0 Å². The number of aromatic nitrogens is 1. The fraction of sp³-hybridized carbons (Fsp3) is 0.286. The predicted molar refractivity (Wildman–Crippen MR) is 74.9 cm³/mol. The lowest BCUT2D eigenvalue weighted by molar-refractivity contribution is -0.136. The SMILES string of the molecule is Cc1cc(CSCCC(=O)O)c2ccccc2n1. The molecule has 0 aliphatic carbocycles. The monoisotopic (exact) mass is 261 g/mol. The van der Waals surface area contributed by atoms with E-state index in [2.05, 4.69) is 17.1 Å².